The van der Waals surface area contributed by atoms with Gasteiger partial charge in [-0.2, -0.15) is 18.3 Å². The van der Waals surface area contributed by atoms with Crippen LogP contribution in [0.25, 0.3) is 0 Å². The van der Waals surface area contributed by atoms with Crippen molar-refractivity contribution >= 4 is 11.5 Å². The molecule has 2 aromatic rings. The Hall–Kier alpha value is -1.98. The average Bonchev–Trinajstić information content (AvgIpc) is 2.65. The Morgan fingerprint density at radius 3 is 2.50 bits per heavy atom. The fraction of sp³-hybridized carbons (Fsp3) is 0.357. The minimum atomic E-state index is -4.41. The molecule has 0 radical (unpaired) electrons. The van der Waals surface area contributed by atoms with E-state index in [1.165, 1.54) is 4.68 Å². The lowest BCUT2D eigenvalue weighted by molar-refractivity contribution is -0.142. The van der Waals surface area contributed by atoms with Gasteiger partial charge in [0.15, 0.2) is 5.69 Å². The van der Waals surface area contributed by atoms with Crippen molar-refractivity contribution in [2.45, 2.75) is 19.0 Å². The van der Waals surface area contributed by atoms with Crippen LogP contribution < -0.4 is 4.90 Å². The molecule has 1 aliphatic rings. The minimum absolute atomic E-state index is 0.277. The topological polar surface area (TPSA) is 21.1 Å². The summed E-state index contributed by atoms with van der Waals surface area (Å²) in [5.74, 6) is 0.516. The Bertz CT molecular complexity index is 658. The van der Waals surface area contributed by atoms with Gasteiger partial charge >= 0.3 is 6.18 Å². The molecule has 2 heterocycles. The minimum Gasteiger partial charge on any atom is -0.329 e. The molecule has 3 rings (SSSR count). The van der Waals surface area contributed by atoms with Crippen LogP contribution in [0.4, 0.5) is 24.7 Å². The first-order valence-electron chi connectivity index (χ1n) is 6.34. The van der Waals surface area contributed by atoms with Crippen LogP contribution in [0.15, 0.2) is 24.3 Å². The van der Waals surface area contributed by atoms with Gasteiger partial charge in [0.05, 0.1) is 0 Å². The van der Waals surface area contributed by atoms with Gasteiger partial charge in [-0.3, -0.25) is 4.68 Å². The Morgan fingerprint density at radius 1 is 1.10 bits per heavy atom. The summed E-state index contributed by atoms with van der Waals surface area (Å²) in [6, 6.07) is 7.68. The van der Waals surface area contributed by atoms with E-state index < -0.39 is 11.9 Å². The van der Waals surface area contributed by atoms with Crippen LogP contribution in [-0.2, 0) is 26.1 Å². The predicted molar refractivity (Wildman–Crippen MR) is 70.1 cm³/mol. The number of hydrogen-bond acceptors (Lipinski definition) is 2. The van der Waals surface area contributed by atoms with Crippen LogP contribution >= 0.6 is 0 Å². The molecule has 20 heavy (non-hydrogen) atoms. The maximum absolute atomic E-state index is 13.1. The molecule has 0 aliphatic carbocycles. The van der Waals surface area contributed by atoms with E-state index in [0.717, 1.165) is 11.3 Å². The Balaban J connectivity index is 2.20. The highest BCUT2D eigenvalue weighted by Crippen LogP contribution is 2.40. The highest BCUT2D eigenvalue weighted by atomic mass is 19.4. The molecule has 0 spiro atoms. The third kappa shape index (κ3) is 1.87. The number of alkyl halides is 3. The highest BCUT2D eigenvalue weighted by Gasteiger charge is 2.40. The molecular formula is C14H14F3N3. The molecule has 1 aromatic carbocycles. The third-order valence-electron chi connectivity index (χ3n) is 3.70. The van der Waals surface area contributed by atoms with Crippen LogP contribution in [0, 0.1) is 0 Å². The van der Waals surface area contributed by atoms with E-state index in [0.29, 0.717) is 18.7 Å². The van der Waals surface area contributed by atoms with E-state index in [-0.39, 0.29) is 5.56 Å². The van der Waals surface area contributed by atoms with Crippen molar-refractivity contribution in [2.75, 3.05) is 11.9 Å². The van der Waals surface area contributed by atoms with Gasteiger partial charge in [0.1, 0.15) is 5.82 Å². The first-order chi connectivity index (χ1) is 9.39. The molecule has 0 atom stereocenters. The van der Waals surface area contributed by atoms with Gasteiger partial charge in [-0.25, -0.2) is 0 Å². The summed E-state index contributed by atoms with van der Waals surface area (Å²) in [4.78, 5) is 1.79. The number of nitrogens with zero attached hydrogens (tertiary/aromatic N) is 3. The van der Waals surface area contributed by atoms with E-state index in [1.807, 2.05) is 24.3 Å². The SMILES string of the molecule is CN1c2ccccc2CCc2c(C(F)(F)F)nn(C)c21. The number of hydrogen-bond donors (Lipinski definition) is 0. The maximum Gasteiger partial charge on any atom is 0.435 e. The molecule has 0 N–H and O–H groups in total. The zero-order chi connectivity index (χ0) is 14.5. The van der Waals surface area contributed by atoms with Crippen molar-refractivity contribution in [1.82, 2.24) is 9.78 Å². The summed E-state index contributed by atoms with van der Waals surface area (Å²) in [5.41, 5.74) is 1.50. The maximum atomic E-state index is 13.1. The second-order valence-electron chi connectivity index (χ2n) is 4.96. The Labute approximate surface area is 114 Å². The Kier molecular flexibility index (Phi) is 2.77. The fourth-order valence-corrected chi connectivity index (χ4v) is 2.86. The second-order valence-corrected chi connectivity index (χ2v) is 4.96. The van der Waals surface area contributed by atoms with Crippen LogP contribution in [0.5, 0.6) is 0 Å². The van der Waals surface area contributed by atoms with E-state index in [2.05, 4.69) is 5.10 Å². The third-order valence-corrected chi connectivity index (χ3v) is 3.70. The number of rotatable bonds is 0. The van der Waals surface area contributed by atoms with E-state index >= 15 is 0 Å². The number of fused-ring (bicyclic) bond motifs is 2. The van der Waals surface area contributed by atoms with Crippen molar-refractivity contribution in [1.29, 1.82) is 0 Å². The predicted octanol–water partition coefficient (Wildman–Crippen LogP) is 3.31. The van der Waals surface area contributed by atoms with Crippen molar-refractivity contribution in [3.8, 4) is 0 Å². The van der Waals surface area contributed by atoms with Gasteiger partial charge < -0.3 is 4.90 Å². The largest absolute Gasteiger partial charge is 0.435 e. The molecule has 0 bridgehead atoms. The summed E-state index contributed by atoms with van der Waals surface area (Å²) < 4.78 is 40.6. The zero-order valence-corrected chi connectivity index (χ0v) is 11.2. The van der Waals surface area contributed by atoms with Gasteiger partial charge in [0, 0.05) is 25.3 Å². The van der Waals surface area contributed by atoms with E-state index in [1.54, 1.807) is 19.0 Å². The Morgan fingerprint density at radius 2 is 1.80 bits per heavy atom. The van der Waals surface area contributed by atoms with Gasteiger partial charge in [0.25, 0.3) is 0 Å². The molecule has 106 valence electrons. The number of aryl methyl sites for hydroxylation is 2. The van der Waals surface area contributed by atoms with Crippen molar-refractivity contribution in [2.24, 2.45) is 7.05 Å². The number of aromatic nitrogens is 2. The molecule has 0 fully saturated rings. The summed E-state index contributed by atoms with van der Waals surface area (Å²) in [6.45, 7) is 0. The first-order valence-corrected chi connectivity index (χ1v) is 6.34. The van der Waals surface area contributed by atoms with Gasteiger partial charge in [0.2, 0.25) is 0 Å². The first kappa shape index (κ1) is 13.0. The fourth-order valence-electron chi connectivity index (χ4n) is 2.86. The molecule has 0 amide bonds. The summed E-state index contributed by atoms with van der Waals surface area (Å²) in [7, 11) is 3.34. The smallest absolute Gasteiger partial charge is 0.329 e. The summed E-state index contributed by atoms with van der Waals surface area (Å²) in [6.07, 6.45) is -3.48. The lowest BCUT2D eigenvalue weighted by Crippen LogP contribution is -2.14. The molecular weight excluding hydrogens is 267 g/mol. The standard InChI is InChI=1S/C14H14F3N3/c1-19-11-6-4-3-5-9(11)7-8-10-12(14(15,16)17)18-20(2)13(10)19/h3-6H,7-8H2,1-2H3. The average molecular weight is 281 g/mol. The van der Waals surface area contributed by atoms with E-state index in [9.17, 15) is 13.2 Å². The molecule has 0 saturated carbocycles. The normalized spacial score (nSPS) is 14.8. The lowest BCUT2D eigenvalue weighted by Gasteiger charge is -2.20. The lowest BCUT2D eigenvalue weighted by atomic mass is 10.0. The monoisotopic (exact) mass is 281 g/mol. The van der Waals surface area contributed by atoms with Crippen LogP contribution in [0.1, 0.15) is 16.8 Å². The summed E-state index contributed by atoms with van der Waals surface area (Å²) in [5, 5.41) is 3.68. The van der Waals surface area contributed by atoms with Crippen LogP contribution in [-0.4, -0.2) is 16.8 Å². The second kappa shape index (κ2) is 4.26. The van der Waals surface area contributed by atoms with Crippen molar-refractivity contribution in [3.63, 3.8) is 0 Å². The number of anilines is 2. The van der Waals surface area contributed by atoms with E-state index in [4.69, 9.17) is 0 Å². The highest BCUT2D eigenvalue weighted by molar-refractivity contribution is 5.68. The van der Waals surface area contributed by atoms with Crippen LogP contribution in [0.3, 0.4) is 0 Å². The van der Waals surface area contributed by atoms with Gasteiger partial charge in [-0.05, 0) is 24.5 Å². The van der Waals surface area contributed by atoms with Crippen LogP contribution in [0.2, 0.25) is 0 Å². The number of para-hydroxylation sites is 1. The molecule has 6 heteroatoms. The number of benzene rings is 1. The van der Waals surface area contributed by atoms with Gasteiger partial charge in [-0.15, -0.1) is 0 Å². The summed E-state index contributed by atoms with van der Waals surface area (Å²) >= 11 is 0. The quantitative estimate of drug-likeness (QED) is 0.738. The van der Waals surface area contributed by atoms with Gasteiger partial charge in [-0.1, -0.05) is 18.2 Å². The number of halogens is 3. The van der Waals surface area contributed by atoms with Crippen molar-refractivity contribution < 1.29 is 13.2 Å². The van der Waals surface area contributed by atoms with Crippen molar-refractivity contribution in [3.05, 3.63) is 41.1 Å². The molecule has 0 saturated heterocycles. The molecule has 1 aromatic heterocycles. The molecule has 0 unspecified atom stereocenters. The molecule has 3 nitrogen and oxygen atoms in total. The molecule has 1 aliphatic heterocycles. The zero-order valence-electron chi connectivity index (χ0n) is 11.2.